The van der Waals surface area contributed by atoms with E-state index < -0.39 is 0 Å². The molecule has 0 saturated carbocycles. The molecule has 72 valence electrons. The highest BCUT2D eigenvalue weighted by Gasteiger charge is 2.13. The van der Waals surface area contributed by atoms with Gasteiger partial charge in [0, 0.05) is 5.56 Å². The van der Waals surface area contributed by atoms with Crippen LogP contribution in [0.3, 0.4) is 0 Å². The Kier molecular flexibility index (Phi) is 3.28. The molecule has 1 unspecified atom stereocenters. The van der Waals surface area contributed by atoms with Crippen molar-refractivity contribution in [3.05, 3.63) is 29.8 Å². The number of nitrogens with one attached hydrogen (secondary N) is 1. The molecular formula is C10H16N2O. The van der Waals surface area contributed by atoms with Gasteiger partial charge in [-0.2, -0.15) is 0 Å². The fourth-order valence-corrected chi connectivity index (χ4v) is 1.41. The first-order valence-corrected chi connectivity index (χ1v) is 4.28. The van der Waals surface area contributed by atoms with Gasteiger partial charge in [0.25, 0.3) is 0 Å². The van der Waals surface area contributed by atoms with Gasteiger partial charge in [-0.25, -0.2) is 0 Å². The quantitative estimate of drug-likeness (QED) is 0.685. The van der Waals surface area contributed by atoms with Gasteiger partial charge in [0.05, 0.1) is 6.17 Å². The smallest absolute Gasteiger partial charge is 0.121 e. The summed E-state index contributed by atoms with van der Waals surface area (Å²) in [5.41, 5.74) is 0.898. The van der Waals surface area contributed by atoms with Crippen LogP contribution in [-0.4, -0.2) is 31.1 Å². The van der Waals surface area contributed by atoms with Crippen molar-refractivity contribution >= 4 is 0 Å². The molecule has 0 fully saturated rings. The average molecular weight is 180 g/mol. The van der Waals surface area contributed by atoms with Crippen LogP contribution in [0.25, 0.3) is 0 Å². The van der Waals surface area contributed by atoms with Crippen molar-refractivity contribution in [2.45, 2.75) is 6.17 Å². The molecule has 1 rings (SSSR count). The summed E-state index contributed by atoms with van der Waals surface area (Å²) in [6.45, 7) is 0. The van der Waals surface area contributed by atoms with E-state index in [1.165, 1.54) is 0 Å². The number of hydrogen-bond acceptors (Lipinski definition) is 3. The Morgan fingerprint density at radius 2 is 1.92 bits per heavy atom. The van der Waals surface area contributed by atoms with Crippen LogP contribution in [0.5, 0.6) is 5.75 Å². The highest BCUT2D eigenvalue weighted by atomic mass is 16.3. The molecule has 0 aliphatic rings. The maximum absolute atomic E-state index is 9.59. The lowest BCUT2D eigenvalue weighted by atomic mass is 10.1. The van der Waals surface area contributed by atoms with E-state index in [0.29, 0.717) is 5.75 Å². The zero-order chi connectivity index (χ0) is 9.84. The van der Waals surface area contributed by atoms with E-state index in [-0.39, 0.29) is 6.17 Å². The summed E-state index contributed by atoms with van der Waals surface area (Å²) in [6.07, 6.45) is 0.0567. The zero-order valence-corrected chi connectivity index (χ0v) is 8.28. The Morgan fingerprint density at radius 3 is 2.38 bits per heavy atom. The molecule has 0 aromatic heterocycles. The fourth-order valence-electron chi connectivity index (χ4n) is 1.41. The first kappa shape index (κ1) is 10.0. The molecule has 3 nitrogen and oxygen atoms in total. The van der Waals surface area contributed by atoms with Crippen LogP contribution in [-0.2, 0) is 0 Å². The van der Waals surface area contributed by atoms with Gasteiger partial charge in [0.1, 0.15) is 5.75 Å². The number of benzene rings is 1. The van der Waals surface area contributed by atoms with E-state index in [1.807, 2.05) is 44.2 Å². The fraction of sp³-hybridized carbons (Fsp3) is 0.400. The predicted molar refractivity (Wildman–Crippen MR) is 53.6 cm³/mol. The second-order valence-corrected chi connectivity index (χ2v) is 3.21. The second kappa shape index (κ2) is 4.25. The summed E-state index contributed by atoms with van der Waals surface area (Å²) in [6, 6.07) is 7.35. The molecule has 0 saturated heterocycles. The molecule has 2 N–H and O–H groups in total. The lowest BCUT2D eigenvalue weighted by Gasteiger charge is -2.24. The van der Waals surface area contributed by atoms with Gasteiger partial charge >= 0.3 is 0 Å². The van der Waals surface area contributed by atoms with Crippen molar-refractivity contribution in [1.29, 1.82) is 0 Å². The molecule has 0 aliphatic heterocycles. The number of para-hydroxylation sites is 1. The van der Waals surface area contributed by atoms with Crippen LogP contribution >= 0.6 is 0 Å². The number of phenols is 1. The van der Waals surface area contributed by atoms with E-state index in [9.17, 15) is 5.11 Å². The van der Waals surface area contributed by atoms with E-state index in [4.69, 9.17) is 0 Å². The van der Waals surface area contributed by atoms with Crippen LogP contribution in [0.4, 0.5) is 0 Å². The van der Waals surface area contributed by atoms with Gasteiger partial charge < -0.3 is 10.4 Å². The van der Waals surface area contributed by atoms with Gasteiger partial charge in [0.15, 0.2) is 0 Å². The Labute approximate surface area is 79.0 Å². The van der Waals surface area contributed by atoms with Gasteiger partial charge in [-0.1, -0.05) is 18.2 Å². The van der Waals surface area contributed by atoms with Gasteiger partial charge in [-0.15, -0.1) is 0 Å². The molecule has 0 bridgehead atoms. The number of hydrogen-bond donors (Lipinski definition) is 2. The third-order valence-electron chi connectivity index (χ3n) is 2.02. The summed E-state index contributed by atoms with van der Waals surface area (Å²) in [4.78, 5) is 2.01. The van der Waals surface area contributed by atoms with Gasteiger partial charge in [0.2, 0.25) is 0 Å². The Bertz CT molecular complexity index is 273. The summed E-state index contributed by atoms with van der Waals surface area (Å²) in [5.74, 6) is 0.329. The number of phenolic OH excluding ortho intramolecular Hbond substituents is 1. The first-order chi connectivity index (χ1) is 6.16. The van der Waals surface area contributed by atoms with Crippen molar-refractivity contribution in [3.63, 3.8) is 0 Å². The molecule has 1 aromatic carbocycles. The highest BCUT2D eigenvalue weighted by molar-refractivity contribution is 5.34. The second-order valence-electron chi connectivity index (χ2n) is 3.21. The predicted octanol–water partition coefficient (Wildman–Crippen LogP) is 1.17. The van der Waals surface area contributed by atoms with Crippen molar-refractivity contribution in [2.24, 2.45) is 0 Å². The average Bonchev–Trinajstić information content (AvgIpc) is 2.09. The van der Waals surface area contributed by atoms with E-state index in [0.717, 1.165) is 5.56 Å². The molecule has 13 heavy (non-hydrogen) atoms. The first-order valence-electron chi connectivity index (χ1n) is 4.28. The maximum atomic E-state index is 9.59. The zero-order valence-electron chi connectivity index (χ0n) is 8.28. The third-order valence-corrected chi connectivity index (χ3v) is 2.02. The maximum Gasteiger partial charge on any atom is 0.121 e. The van der Waals surface area contributed by atoms with Crippen molar-refractivity contribution in [1.82, 2.24) is 10.2 Å². The number of nitrogens with zero attached hydrogens (tertiary/aromatic N) is 1. The number of rotatable bonds is 3. The van der Waals surface area contributed by atoms with Gasteiger partial charge in [-0.05, 0) is 27.2 Å². The molecule has 1 atom stereocenters. The normalized spacial score (nSPS) is 13.2. The van der Waals surface area contributed by atoms with Gasteiger partial charge in [-0.3, -0.25) is 4.90 Å². The standard InChI is InChI=1S/C10H16N2O/c1-11-10(12(2)3)8-6-4-5-7-9(8)13/h4-7,10-11,13H,1-3H3. The number of aromatic hydroxyl groups is 1. The van der Waals surface area contributed by atoms with Crippen LogP contribution in [0.15, 0.2) is 24.3 Å². The Hall–Kier alpha value is -1.06. The van der Waals surface area contributed by atoms with Crippen LogP contribution in [0, 0.1) is 0 Å². The molecule has 1 aromatic rings. The molecule has 3 heteroatoms. The van der Waals surface area contributed by atoms with E-state index in [2.05, 4.69) is 5.32 Å². The van der Waals surface area contributed by atoms with Crippen LogP contribution < -0.4 is 5.32 Å². The van der Waals surface area contributed by atoms with Crippen LogP contribution in [0.2, 0.25) is 0 Å². The Balaban J connectivity index is 2.97. The molecule has 0 amide bonds. The third kappa shape index (κ3) is 2.20. The minimum atomic E-state index is 0.0567. The lowest BCUT2D eigenvalue weighted by Crippen LogP contribution is -2.30. The minimum Gasteiger partial charge on any atom is -0.508 e. The van der Waals surface area contributed by atoms with Crippen molar-refractivity contribution in [3.8, 4) is 5.75 Å². The SMILES string of the molecule is CNC(c1ccccc1O)N(C)C. The molecule has 0 radical (unpaired) electrons. The lowest BCUT2D eigenvalue weighted by molar-refractivity contribution is 0.258. The van der Waals surface area contributed by atoms with Crippen molar-refractivity contribution < 1.29 is 5.11 Å². The molecule has 0 aliphatic carbocycles. The summed E-state index contributed by atoms with van der Waals surface area (Å²) < 4.78 is 0. The van der Waals surface area contributed by atoms with E-state index in [1.54, 1.807) is 6.07 Å². The highest BCUT2D eigenvalue weighted by Crippen LogP contribution is 2.24. The molecule has 0 spiro atoms. The largest absolute Gasteiger partial charge is 0.508 e. The molecular weight excluding hydrogens is 164 g/mol. The van der Waals surface area contributed by atoms with Crippen LogP contribution in [0.1, 0.15) is 11.7 Å². The summed E-state index contributed by atoms with van der Waals surface area (Å²) >= 11 is 0. The minimum absolute atomic E-state index is 0.0567. The topological polar surface area (TPSA) is 35.5 Å². The molecule has 0 heterocycles. The van der Waals surface area contributed by atoms with E-state index >= 15 is 0 Å². The Morgan fingerprint density at radius 1 is 1.31 bits per heavy atom. The summed E-state index contributed by atoms with van der Waals surface area (Å²) in [7, 11) is 5.80. The van der Waals surface area contributed by atoms with Crippen molar-refractivity contribution in [2.75, 3.05) is 21.1 Å². The summed E-state index contributed by atoms with van der Waals surface area (Å²) in [5, 5.41) is 12.7. The monoisotopic (exact) mass is 180 g/mol.